The first kappa shape index (κ1) is 15.6. The normalized spacial score (nSPS) is 10.3. The summed E-state index contributed by atoms with van der Waals surface area (Å²) in [6, 6.07) is 9.48. The van der Waals surface area contributed by atoms with E-state index >= 15 is 0 Å². The van der Waals surface area contributed by atoms with Crippen LogP contribution in [0.5, 0.6) is 0 Å². The number of amides is 1. The fraction of sp³-hybridized carbons (Fsp3) is 0.133. The average molecular weight is 327 g/mol. The fourth-order valence-electron chi connectivity index (χ4n) is 1.79. The lowest BCUT2D eigenvalue weighted by atomic mass is 10.2. The highest BCUT2D eigenvalue weighted by Crippen LogP contribution is 2.26. The van der Waals surface area contributed by atoms with Crippen molar-refractivity contribution in [1.82, 2.24) is 0 Å². The molecule has 0 radical (unpaired) electrons. The summed E-state index contributed by atoms with van der Waals surface area (Å²) >= 11 is 11.9. The van der Waals surface area contributed by atoms with Gasteiger partial charge in [-0.2, -0.15) is 0 Å². The lowest BCUT2D eigenvalue weighted by Gasteiger charge is -2.10. The second-order valence-electron chi connectivity index (χ2n) is 4.47. The number of benzene rings is 2. The van der Waals surface area contributed by atoms with Gasteiger partial charge in [0.25, 0.3) is 0 Å². The van der Waals surface area contributed by atoms with Gasteiger partial charge in [0.2, 0.25) is 5.91 Å². The maximum atomic E-state index is 13.6. The van der Waals surface area contributed by atoms with Crippen molar-refractivity contribution >= 4 is 40.5 Å². The summed E-state index contributed by atoms with van der Waals surface area (Å²) in [6.45, 7) is 1.69. The third kappa shape index (κ3) is 4.34. The molecule has 2 N–H and O–H groups in total. The highest BCUT2D eigenvalue weighted by Gasteiger charge is 2.06. The molecule has 0 aliphatic carbocycles. The molecule has 0 aromatic heterocycles. The molecule has 6 heteroatoms. The van der Waals surface area contributed by atoms with Crippen LogP contribution in [0.2, 0.25) is 10.0 Å². The smallest absolute Gasteiger partial charge is 0.221 e. The summed E-state index contributed by atoms with van der Waals surface area (Å²) in [7, 11) is 0. The van der Waals surface area contributed by atoms with Crippen LogP contribution in [-0.4, -0.2) is 5.91 Å². The molecule has 0 aliphatic heterocycles. The topological polar surface area (TPSA) is 41.1 Å². The van der Waals surface area contributed by atoms with E-state index in [9.17, 15) is 9.18 Å². The van der Waals surface area contributed by atoms with Crippen molar-refractivity contribution in [1.29, 1.82) is 0 Å². The molecule has 0 saturated carbocycles. The number of nitrogens with one attached hydrogen (secondary N) is 2. The minimum Gasteiger partial charge on any atom is -0.381 e. The molecule has 2 aromatic rings. The standard InChI is InChI=1S/C15H13Cl2FN2O/c1-9(21)20-15-5-3-12(7-13(15)17)19-8-10-6-11(16)2-4-14(10)18/h2-7,19H,8H2,1H3,(H,20,21). The minimum absolute atomic E-state index is 0.196. The van der Waals surface area contributed by atoms with Crippen molar-refractivity contribution in [3.63, 3.8) is 0 Å². The highest BCUT2D eigenvalue weighted by molar-refractivity contribution is 6.34. The second kappa shape index (κ2) is 6.78. The van der Waals surface area contributed by atoms with Crippen LogP contribution in [0.3, 0.4) is 0 Å². The molecule has 0 aliphatic rings. The van der Waals surface area contributed by atoms with Crippen molar-refractivity contribution in [2.24, 2.45) is 0 Å². The summed E-state index contributed by atoms with van der Waals surface area (Å²) in [5.74, 6) is -0.522. The zero-order chi connectivity index (χ0) is 15.4. The summed E-state index contributed by atoms with van der Waals surface area (Å²) in [5, 5.41) is 6.55. The van der Waals surface area contributed by atoms with Gasteiger partial charge in [-0.15, -0.1) is 0 Å². The molecule has 0 saturated heterocycles. The summed E-state index contributed by atoms with van der Waals surface area (Å²) < 4.78 is 13.6. The first-order chi connectivity index (χ1) is 9.95. The SMILES string of the molecule is CC(=O)Nc1ccc(NCc2cc(Cl)ccc2F)cc1Cl. The first-order valence-electron chi connectivity index (χ1n) is 6.20. The average Bonchev–Trinajstić information content (AvgIpc) is 2.42. The van der Waals surface area contributed by atoms with Gasteiger partial charge in [-0.3, -0.25) is 4.79 Å². The number of halogens is 3. The van der Waals surface area contributed by atoms with Gasteiger partial charge in [0, 0.05) is 29.7 Å². The van der Waals surface area contributed by atoms with E-state index in [0.717, 1.165) is 0 Å². The quantitative estimate of drug-likeness (QED) is 0.854. The molecule has 0 heterocycles. The number of anilines is 2. The monoisotopic (exact) mass is 326 g/mol. The van der Waals surface area contributed by atoms with Gasteiger partial charge < -0.3 is 10.6 Å². The molecule has 2 rings (SSSR count). The molecule has 110 valence electrons. The van der Waals surface area contributed by atoms with E-state index in [1.165, 1.54) is 19.1 Å². The van der Waals surface area contributed by atoms with Crippen LogP contribution in [0.4, 0.5) is 15.8 Å². The van der Waals surface area contributed by atoms with Gasteiger partial charge >= 0.3 is 0 Å². The Morgan fingerprint density at radius 3 is 2.62 bits per heavy atom. The van der Waals surface area contributed by atoms with Gasteiger partial charge in [-0.25, -0.2) is 4.39 Å². The van der Waals surface area contributed by atoms with Crippen LogP contribution in [0.15, 0.2) is 36.4 Å². The van der Waals surface area contributed by atoms with E-state index in [4.69, 9.17) is 23.2 Å². The van der Waals surface area contributed by atoms with Crippen molar-refractivity contribution < 1.29 is 9.18 Å². The molecule has 3 nitrogen and oxygen atoms in total. The van der Waals surface area contributed by atoms with Crippen molar-refractivity contribution in [3.05, 3.63) is 57.8 Å². The summed E-state index contributed by atoms with van der Waals surface area (Å²) in [5.41, 5.74) is 1.71. The van der Waals surface area contributed by atoms with Crippen molar-refractivity contribution in [2.45, 2.75) is 13.5 Å². The van der Waals surface area contributed by atoms with E-state index in [1.54, 1.807) is 24.3 Å². The van der Waals surface area contributed by atoms with Crippen molar-refractivity contribution in [3.8, 4) is 0 Å². The van der Waals surface area contributed by atoms with E-state index < -0.39 is 0 Å². The van der Waals surface area contributed by atoms with Gasteiger partial charge in [-0.1, -0.05) is 23.2 Å². The molecule has 0 spiro atoms. The molecule has 21 heavy (non-hydrogen) atoms. The summed E-state index contributed by atoms with van der Waals surface area (Å²) in [4.78, 5) is 11.0. The van der Waals surface area contributed by atoms with Gasteiger partial charge in [0.05, 0.1) is 10.7 Å². The van der Waals surface area contributed by atoms with Crippen LogP contribution in [0, 0.1) is 5.82 Å². The van der Waals surface area contributed by atoms with Gasteiger partial charge in [-0.05, 0) is 36.4 Å². The molecular weight excluding hydrogens is 314 g/mol. The lowest BCUT2D eigenvalue weighted by molar-refractivity contribution is -0.114. The fourth-order valence-corrected chi connectivity index (χ4v) is 2.21. The number of rotatable bonds is 4. The number of hydrogen-bond acceptors (Lipinski definition) is 2. The first-order valence-corrected chi connectivity index (χ1v) is 6.96. The molecule has 0 unspecified atom stereocenters. The summed E-state index contributed by atoms with van der Waals surface area (Å²) in [6.07, 6.45) is 0. The number of hydrogen-bond donors (Lipinski definition) is 2. The zero-order valence-electron chi connectivity index (χ0n) is 11.2. The van der Waals surface area contributed by atoms with Gasteiger partial charge in [0.15, 0.2) is 0 Å². The number of carbonyl (C=O) groups is 1. The molecule has 1 amide bonds. The maximum absolute atomic E-state index is 13.6. The van der Waals surface area contributed by atoms with Crippen LogP contribution in [0.1, 0.15) is 12.5 Å². The highest BCUT2D eigenvalue weighted by atomic mass is 35.5. The second-order valence-corrected chi connectivity index (χ2v) is 5.31. The largest absolute Gasteiger partial charge is 0.381 e. The molecule has 0 atom stereocenters. The van der Waals surface area contributed by atoms with E-state index in [-0.39, 0.29) is 18.3 Å². The molecule has 0 bridgehead atoms. The van der Waals surface area contributed by atoms with E-state index in [1.807, 2.05) is 0 Å². The Morgan fingerprint density at radius 2 is 1.95 bits per heavy atom. The predicted molar refractivity (Wildman–Crippen MR) is 84.5 cm³/mol. The molecular formula is C15H13Cl2FN2O. The Labute approximate surface area is 132 Å². The van der Waals surface area contributed by atoms with Crippen molar-refractivity contribution in [2.75, 3.05) is 10.6 Å². The van der Waals surface area contributed by atoms with Crippen LogP contribution < -0.4 is 10.6 Å². The Balaban J connectivity index is 2.08. The Kier molecular flexibility index (Phi) is 5.04. The predicted octanol–water partition coefficient (Wildman–Crippen LogP) is 4.70. The van der Waals surface area contributed by atoms with E-state index in [0.29, 0.717) is 27.0 Å². The van der Waals surface area contributed by atoms with Crippen LogP contribution >= 0.6 is 23.2 Å². The van der Waals surface area contributed by atoms with Gasteiger partial charge in [0.1, 0.15) is 5.82 Å². The lowest BCUT2D eigenvalue weighted by Crippen LogP contribution is -2.07. The maximum Gasteiger partial charge on any atom is 0.221 e. The molecule has 2 aromatic carbocycles. The van der Waals surface area contributed by atoms with Crippen LogP contribution in [0.25, 0.3) is 0 Å². The third-order valence-electron chi connectivity index (χ3n) is 2.77. The minimum atomic E-state index is -0.326. The Morgan fingerprint density at radius 1 is 1.19 bits per heavy atom. The Bertz CT molecular complexity index is 677. The van der Waals surface area contributed by atoms with E-state index in [2.05, 4.69) is 10.6 Å². The number of carbonyl (C=O) groups excluding carboxylic acids is 1. The zero-order valence-corrected chi connectivity index (χ0v) is 12.7. The molecule has 0 fully saturated rings. The Hall–Kier alpha value is -1.78. The third-order valence-corrected chi connectivity index (χ3v) is 3.32. The van der Waals surface area contributed by atoms with Crippen LogP contribution in [-0.2, 0) is 11.3 Å².